The average molecular weight is 544 g/mol. The van der Waals surface area contributed by atoms with Crippen LogP contribution in [0.4, 0.5) is 5.69 Å². The van der Waals surface area contributed by atoms with Crippen LogP contribution in [0.1, 0.15) is 38.5 Å². The van der Waals surface area contributed by atoms with Crippen LogP contribution in [0, 0.1) is 11.8 Å². The number of amides is 3. The minimum Gasteiger partial charge on any atom is -0.507 e. The second-order valence-corrected chi connectivity index (χ2v) is 10.4. The summed E-state index contributed by atoms with van der Waals surface area (Å²) in [4.78, 5) is 42.9. The number of phenolic OH excluding ortho intramolecular Hbond substituents is 1. The zero-order valence-corrected chi connectivity index (χ0v) is 22.0. The number of carbonyl (C=O) groups excluding carboxylic acids is 3. The molecule has 2 N–H and O–H groups in total. The van der Waals surface area contributed by atoms with Crippen LogP contribution in [0.3, 0.4) is 0 Å². The summed E-state index contributed by atoms with van der Waals surface area (Å²) in [5, 5.41) is 14.5. The lowest BCUT2D eigenvalue weighted by molar-refractivity contribution is -0.122. The number of imide groups is 1. The molecule has 1 heterocycles. The predicted octanol–water partition coefficient (Wildman–Crippen LogP) is 4.37. The van der Waals surface area contributed by atoms with Crippen LogP contribution in [0.15, 0.2) is 102 Å². The highest BCUT2D eigenvalue weighted by Crippen LogP contribution is 2.63. The monoisotopic (exact) mass is 543 g/mol. The fourth-order valence-electron chi connectivity index (χ4n) is 7.02. The van der Waals surface area contributed by atoms with E-state index < -0.39 is 23.2 Å². The van der Waals surface area contributed by atoms with E-state index in [1.54, 1.807) is 42.6 Å². The van der Waals surface area contributed by atoms with Crippen molar-refractivity contribution in [2.75, 3.05) is 12.0 Å². The molecule has 0 aromatic heterocycles. The average Bonchev–Trinajstić information content (AvgIpc) is 3.27. The number of hydrogen-bond acceptors (Lipinski definition) is 6. The van der Waals surface area contributed by atoms with Gasteiger partial charge in [0, 0.05) is 12.1 Å². The summed E-state index contributed by atoms with van der Waals surface area (Å²) in [6, 6.07) is 28.8. The third kappa shape index (κ3) is 3.34. The van der Waals surface area contributed by atoms with Gasteiger partial charge in [-0.2, -0.15) is 5.10 Å². The Hall–Kier alpha value is -5.24. The van der Waals surface area contributed by atoms with E-state index in [2.05, 4.69) is 10.5 Å². The van der Waals surface area contributed by atoms with Gasteiger partial charge >= 0.3 is 0 Å². The van der Waals surface area contributed by atoms with Gasteiger partial charge < -0.3 is 9.84 Å². The van der Waals surface area contributed by atoms with Crippen molar-refractivity contribution in [3.05, 3.63) is 125 Å². The number of anilines is 1. The van der Waals surface area contributed by atoms with Crippen molar-refractivity contribution in [2.45, 2.75) is 11.3 Å². The minimum absolute atomic E-state index is 0.0719. The fourth-order valence-corrected chi connectivity index (χ4v) is 7.02. The molecule has 1 fully saturated rings. The summed E-state index contributed by atoms with van der Waals surface area (Å²) in [5.41, 5.74) is 5.51. The van der Waals surface area contributed by atoms with Gasteiger partial charge in [-0.25, -0.2) is 10.3 Å². The Morgan fingerprint density at radius 1 is 0.878 bits per heavy atom. The van der Waals surface area contributed by atoms with Crippen LogP contribution in [0.2, 0.25) is 0 Å². The summed E-state index contributed by atoms with van der Waals surface area (Å²) < 4.78 is 5.53. The summed E-state index contributed by atoms with van der Waals surface area (Å²) in [6.45, 7) is 0. The number of benzene rings is 4. The minimum atomic E-state index is -1.14. The van der Waals surface area contributed by atoms with E-state index in [4.69, 9.17) is 4.74 Å². The molecule has 0 saturated carbocycles. The van der Waals surface area contributed by atoms with Crippen molar-refractivity contribution < 1.29 is 24.2 Å². The molecule has 0 radical (unpaired) electrons. The van der Waals surface area contributed by atoms with Gasteiger partial charge in [-0.1, -0.05) is 72.8 Å². The molecule has 8 heteroatoms. The quantitative estimate of drug-likeness (QED) is 0.221. The first-order valence-electron chi connectivity index (χ1n) is 13.3. The number of nitrogens with one attached hydrogen (secondary N) is 1. The molecule has 202 valence electrons. The van der Waals surface area contributed by atoms with Crippen molar-refractivity contribution in [2.24, 2.45) is 16.9 Å². The molecule has 4 aromatic carbocycles. The number of carbonyl (C=O) groups is 3. The Kier molecular flexibility index (Phi) is 5.54. The number of ether oxygens (including phenoxy) is 1. The molecule has 3 amide bonds. The maximum absolute atomic E-state index is 14.5. The van der Waals surface area contributed by atoms with Crippen LogP contribution in [-0.4, -0.2) is 36.2 Å². The summed E-state index contributed by atoms with van der Waals surface area (Å²) >= 11 is 0. The number of hydrogen-bond donors (Lipinski definition) is 2. The Bertz CT molecular complexity index is 1730. The van der Waals surface area contributed by atoms with Crippen LogP contribution in [0.25, 0.3) is 0 Å². The lowest BCUT2D eigenvalue weighted by atomic mass is 9.47. The third-order valence-electron chi connectivity index (χ3n) is 8.59. The van der Waals surface area contributed by atoms with Crippen LogP contribution in [-0.2, 0) is 15.0 Å². The third-order valence-corrected chi connectivity index (χ3v) is 8.59. The second-order valence-electron chi connectivity index (χ2n) is 10.4. The van der Waals surface area contributed by atoms with Gasteiger partial charge in [0.2, 0.25) is 11.8 Å². The molecule has 0 spiro atoms. The Morgan fingerprint density at radius 3 is 2.17 bits per heavy atom. The summed E-state index contributed by atoms with van der Waals surface area (Å²) in [7, 11) is 1.51. The van der Waals surface area contributed by atoms with Crippen molar-refractivity contribution >= 4 is 29.6 Å². The van der Waals surface area contributed by atoms with Crippen molar-refractivity contribution in [3.63, 3.8) is 0 Å². The molecule has 2 atom stereocenters. The molecular formula is C33H25N3O5. The number of hydrazone groups is 1. The Morgan fingerprint density at radius 2 is 1.49 bits per heavy atom. The van der Waals surface area contributed by atoms with Gasteiger partial charge in [0.15, 0.2) is 0 Å². The van der Waals surface area contributed by atoms with E-state index >= 15 is 0 Å². The van der Waals surface area contributed by atoms with Crippen molar-refractivity contribution in [1.29, 1.82) is 0 Å². The largest absolute Gasteiger partial charge is 0.507 e. The Balaban J connectivity index is 1.42. The first-order valence-corrected chi connectivity index (χ1v) is 13.3. The van der Waals surface area contributed by atoms with E-state index in [0.29, 0.717) is 11.4 Å². The van der Waals surface area contributed by atoms with Crippen LogP contribution >= 0.6 is 0 Å². The van der Waals surface area contributed by atoms with Gasteiger partial charge in [-0.05, 0) is 46.5 Å². The standard InChI is InChI=1S/C33H25N3O5/c1-41-26-17-9-7-15-24(26)36-31(39)28-27-19-10-2-5-13-22(19)33(29(28)32(36)40,23-14-6-3-11-20(23)27)18-34-35-30(38)21-12-4-8-16-25(21)37/h2-18,27-29,37H,1H3,(H,35,38)/b34-18+/t27?,28-,29-,33?/m0/s1. The molecular weight excluding hydrogens is 518 g/mol. The summed E-state index contributed by atoms with van der Waals surface area (Å²) in [5.74, 6) is -2.80. The number of rotatable bonds is 5. The van der Waals surface area contributed by atoms with E-state index in [9.17, 15) is 19.5 Å². The predicted molar refractivity (Wildman–Crippen MR) is 152 cm³/mol. The lowest BCUT2D eigenvalue weighted by Crippen LogP contribution is -2.54. The molecule has 41 heavy (non-hydrogen) atoms. The lowest BCUT2D eigenvalue weighted by Gasteiger charge is -2.52. The Labute approximate surface area is 235 Å². The number of para-hydroxylation sites is 3. The van der Waals surface area contributed by atoms with Crippen LogP contribution in [0.5, 0.6) is 11.5 Å². The number of aromatic hydroxyl groups is 1. The summed E-state index contributed by atoms with van der Waals surface area (Å²) in [6.07, 6.45) is 1.59. The molecule has 4 aliphatic rings. The molecule has 3 aliphatic carbocycles. The van der Waals surface area contributed by atoms with Crippen LogP contribution < -0.4 is 15.1 Å². The van der Waals surface area contributed by atoms with E-state index in [-0.39, 0.29) is 29.0 Å². The number of nitrogens with zero attached hydrogens (tertiary/aromatic N) is 2. The number of methoxy groups -OCH3 is 1. The number of phenols is 1. The van der Waals surface area contributed by atoms with E-state index in [0.717, 1.165) is 22.3 Å². The van der Waals surface area contributed by atoms with Gasteiger partial charge in [0.25, 0.3) is 5.91 Å². The highest BCUT2D eigenvalue weighted by molar-refractivity contribution is 6.25. The molecule has 0 unspecified atom stereocenters. The molecule has 1 aliphatic heterocycles. The zero-order valence-electron chi connectivity index (χ0n) is 22.0. The molecule has 8 nitrogen and oxygen atoms in total. The maximum atomic E-state index is 14.5. The highest BCUT2D eigenvalue weighted by atomic mass is 16.5. The molecule has 2 bridgehead atoms. The van der Waals surface area contributed by atoms with Crippen molar-refractivity contribution in [3.8, 4) is 11.5 Å². The van der Waals surface area contributed by atoms with Crippen molar-refractivity contribution in [1.82, 2.24) is 5.43 Å². The second kappa shape index (κ2) is 9.16. The van der Waals surface area contributed by atoms with Gasteiger partial charge in [0.05, 0.1) is 35.6 Å². The smallest absolute Gasteiger partial charge is 0.275 e. The maximum Gasteiger partial charge on any atom is 0.275 e. The first kappa shape index (κ1) is 24.8. The normalized spacial score (nSPS) is 23.7. The highest BCUT2D eigenvalue weighted by Gasteiger charge is 2.68. The van der Waals surface area contributed by atoms with Gasteiger partial charge in [-0.3, -0.25) is 14.4 Å². The fraction of sp³-hybridized carbons (Fsp3) is 0.152. The van der Waals surface area contributed by atoms with Gasteiger partial charge in [-0.15, -0.1) is 0 Å². The molecule has 4 aromatic rings. The first-order chi connectivity index (χ1) is 20.0. The van der Waals surface area contributed by atoms with E-state index in [1.165, 1.54) is 24.1 Å². The SMILES string of the molecule is COc1ccccc1N1C(=O)[C@@H]2[C@@H](C1=O)C1c3ccccc3C2(/C=N/NC(=O)c2ccccc2O)c2ccccc21. The topological polar surface area (TPSA) is 108 Å². The van der Waals surface area contributed by atoms with E-state index in [1.807, 2.05) is 48.5 Å². The molecule has 1 saturated heterocycles. The zero-order chi connectivity index (χ0) is 28.3. The molecule has 8 rings (SSSR count). The van der Waals surface area contributed by atoms with Gasteiger partial charge in [0.1, 0.15) is 11.5 Å².